The highest BCUT2D eigenvalue weighted by atomic mass is 16.5. The molecule has 26 heavy (non-hydrogen) atoms. The number of carbonyl (C=O) groups excluding carboxylic acids is 2. The van der Waals surface area contributed by atoms with Crippen molar-refractivity contribution < 1.29 is 14.3 Å². The van der Waals surface area contributed by atoms with E-state index in [9.17, 15) is 9.59 Å². The molecule has 1 aromatic heterocycles. The van der Waals surface area contributed by atoms with Crippen LogP contribution in [-0.2, 0) is 16.1 Å². The van der Waals surface area contributed by atoms with Crippen molar-refractivity contribution >= 4 is 17.6 Å². The van der Waals surface area contributed by atoms with E-state index < -0.39 is 11.5 Å². The Morgan fingerprint density at radius 2 is 2.00 bits per heavy atom. The zero-order chi connectivity index (χ0) is 18.6. The van der Waals surface area contributed by atoms with Crippen LogP contribution in [0.25, 0.3) is 0 Å². The molecular formula is C20H23N3O3. The number of fused-ring (bicyclic) bond motifs is 1. The molecule has 0 bridgehead atoms. The van der Waals surface area contributed by atoms with E-state index in [4.69, 9.17) is 4.74 Å². The summed E-state index contributed by atoms with van der Waals surface area (Å²) in [4.78, 5) is 31.7. The number of hydrogen-bond acceptors (Lipinski definition) is 4. The normalized spacial score (nSPS) is 18.8. The van der Waals surface area contributed by atoms with Crippen LogP contribution in [0.4, 0.5) is 5.82 Å². The molecule has 6 heteroatoms. The van der Waals surface area contributed by atoms with Gasteiger partial charge in [-0.15, -0.1) is 0 Å². The van der Waals surface area contributed by atoms with Crippen LogP contribution in [0.2, 0.25) is 0 Å². The van der Waals surface area contributed by atoms with E-state index in [1.807, 2.05) is 30.3 Å². The summed E-state index contributed by atoms with van der Waals surface area (Å²) >= 11 is 0. The van der Waals surface area contributed by atoms with Crippen molar-refractivity contribution in [2.45, 2.75) is 38.8 Å². The van der Waals surface area contributed by atoms with Crippen LogP contribution in [-0.4, -0.2) is 28.9 Å². The Morgan fingerprint density at radius 1 is 1.23 bits per heavy atom. The number of hydrogen-bond donors (Lipinski definition) is 1. The van der Waals surface area contributed by atoms with Gasteiger partial charge in [-0.3, -0.25) is 14.5 Å². The van der Waals surface area contributed by atoms with Gasteiger partial charge in [-0.25, -0.2) is 4.98 Å². The van der Waals surface area contributed by atoms with Crippen LogP contribution in [0, 0.1) is 0 Å². The van der Waals surface area contributed by atoms with Crippen LogP contribution in [0.3, 0.4) is 0 Å². The molecule has 0 fully saturated rings. The average molecular weight is 353 g/mol. The third kappa shape index (κ3) is 3.40. The number of unbranched alkanes of at least 4 members (excludes halogenated alkanes) is 1. The molecule has 1 atom stereocenters. The van der Waals surface area contributed by atoms with Gasteiger partial charge in [0.1, 0.15) is 0 Å². The van der Waals surface area contributed by atoms with Gasteiger partial charge in [0.05, 0.1) is 0 Å². The maximum atomic E-state index is 13.1. The second-order valence-corrected chi connectivity index (χ2v) is 6.44. The van der Waals surface area contributed by atoms with Crippen molar-refractivity contribution in [3.05, 3.63) is 54.2 Å². The lowest BCUT2D eigenvalue weighted by molar-refractivity contribution is -0.148. The number of nitrogens with zero attached hydrogens (tertiary/aromatic N) is 2. The molecule has 6 nitrogen and oxygen atoms in total. The first kappa shape index (κ1) is 17.9. The molecule has 2 heterocycles. The molecular weight excluding hydrogens is 330 g/mol. The largest absolute Gasteiger partial charge is 0.464 e. The Morgan fingerprint density at radius 3 is 2.73 bits per heavy atom. The average Bonchev–Trinajstić information content (AvgIpc) is 2.67. The Bertz CT molecular complexity index is 794. The second-order valence-electron chi connectivity index (χ2n) is 6.44. The molecule has 0 aliphatic carbocycles. The summed E-state index contributed by atoms with van der Waals surface area (Å²) in [5.74, 6) is 0.0740. The number of nitrogens with one attached hydrogen (secondary N) is 1. The van der Waals surface area contributed by atoms with Crippen molar-refractivity contribution in [2.75, 3.05) is 11.4 Å². The minimum Gasteiger partial charge on any atom is -0.464 e. The molecule has 0 radical (unpaired) electrons. The lowest BCUT2D eigenvalue weighted by Gasteiger charge is -2.38. The molecule has 1 aliphatic heterocycles. The second kappa shape index (κ2) is 7.56. The highest BCUT2D eigenvalue weighted by molar-refractivity contribution is 6.16. The molecule has 1 N–H and O–H groups in total. The lowest BCUT2D eigenvalue weighted by Crippen LogP contribution is -2.62. The minimum atomic E-state index is -1.61. The van der Waals surface area contributed by atoms with Crippen molar-refractivity contribution in [1.82, 2.24) is 10.3 Å². The fourth-order valence-corrected chi connectivity index (χ4v) is 2.90. The van der Waals surface area contributed by atoms with Crippen molar-refractivity contribution in [3.8, 4) is 5.75 Å². The van der Waals surface area contributed by atoms with Gasteiger partial charge in [0, 0.05) is 19.3 Å². The molecule has 0 saturated heterocycles. The predicted molar refractivity (Wildman–Crippen MR) is 98.8 cm³/mol. The molecule has 3 rings (SSSR count). The van der Waals surface area contributed by atoms with Gasteiger partial charge in [0.25, 0.3) is 17.4 Å². The lowest BCUT2D eigenvalue weighted by atomic mass is 10.0. The molecule has 1 aromatic carbocycles. The summed E-state index contributed by atoms with van der Waals surface area (Å²) in [5, 5.41) is 2.82. The van der Waals surface area contributed by atoms with Gasteiger partial charge < -0.3 is 10.1 Å². The summed E-state index contributed by atoms with van der Waals surface area (Å²) in [6, 6.07) is 13.0. The first-order chi connectivity index (χ1) is 12.6. The maximum Gasteiger partial charge on any atom is 0.282 e. The third-order valence-electron chi connectivity index (χ3n) is 4.44. The number of rotatable bonds is 6. The van der Waals surface area contributed by atoms with Crippen molar-refractivity contribution in [2.24, 2.45) is 0 Å². The van der Waals surface area contributed by atoms with Gasteiger partial charge in [-0.1, -0.05) is 43.7 Å². The van der Waals surface area contributed by atoms with Crippen LogP contribution >= 0.6 is 0 Å². The van der Waals surface area contributed by atoms with E-state index in [0.717, 1.165) is 18.4 Å². The van der Waals surface area contributed by atoms with E-state index in [-0.39, 0.29) is 5.91 Å². The standard InChI is InChI=1S/C20H23N3O3/c1-3-4-13-23-17-16(11-8-12-21-17)26-20(2,19(23)25)18(24)22-14-15-9-6-5-7-10-15/h5-12H,3-4,13-14H2,1-2H3,(H,22,24)/t20-/m1/s1. The summed E-state index contributed by atoms with van der Waals surface area (Å²) in [6.45, 7) is 4.41. The summed E-state index contributed by atoms with van der Waals surface area (Å²) in [7, 11) is 0. The van der Waals surface area contributed by atoms with Crippen LogP contribution in [0.1, 0.15) is 32.3 Å². The number of ether oxygens (including phenoxy) is 1. The summed E-state index contributed by atoms with van der Waals surface area (Å²) in [5.41, 5.74) is -0.656. The molecule has 2 aromatic rings. The number of anilines is 1. The number of amides is 2. The highest BCUT2D eigenvalue weighted by Gasteiger charge is 2.50. The fourth-order valence-electron chi connectivity index (χ4n) is 2.90. The zero-order valence-corrected chi connectivity index (χ0v) is 15.1. The van der Waals surface area contributed by atoms with E-state index in [2.05, 4.69) is 17.2 Å². The number of carbonyl (C=O) groups is 2. The topological polar surface area (TPSA) is 71.5 Å². The number of benzene rings is 1. The number of aromatic nitrogens is 1. The molecule has 0 saturated carbocycles. The molecule has 0 spiro atoms. The van der Waals surface area contributed by atoms with Gasteiger partial charge in [0.2, 0.25) is 0 Å². The van der Waals surface area contributed by atoms with Gasteiger partial charge in [-0.05, 0) is 31.0 Å². The van der Waals surface area contributed by atoms with Gasteiger partial charge >= 0.3 is 0 Å². The minimum absolute atomic E-state index is 0.334. The van der Waals surface area contributed by atoms with Gasteiger partial charge in [0.15, 0.2) is 11.6 Å². The van der Waals surface area contributed by atoms with Crippen LogP contribution < -0.4 is 15.0 Å². The van der Waals surface area contributed by atoms with E-state index >= 15 is 0 Å². The quantitative estimate of drug-likeness (QED) is 0.811. The predicted octanol–water partition coefficient (Wildman–Crippen LogP) is 2.68. The van der Waals surface area contributed by atoms with Crippen LogP contribution in [0.15, 0.2) is 48.7 Å². The Balaban J connectivity index is 1.83. The summed E-state index contributed by atoms with van der Waals surface area (Å²) in [6.07, 6.45) is 3.37. The number of pyridine rings is 1. The SMILES string of the molecule is CCCCN1C(=O)[C@@](C)(C(=O)NCc2ccccc2)Oc2cccnc21. The summed E-state index contributed by atoms with van der Waals surface area (Å²) < 4.78 is 5.83. The third-order valence-corrected chi connectivity index (χ3v) is 4.44. The van der Waals surface area contributed by atoms with Crippen molar-refractivity contribution in [3.63, 3.8) is 0 Å². The monoisotopic (exact) mass is 353 g/mol. The molecule has 1 aliphatic rings. The van der Waals surface area contributed by atoms with E-state index in [1.54, 1.807) is 23.2 Å². The first-order valence-corrected chi connectivity index (χ1v) is 8.84. The van der Waals surface area contributed by atoms with Crippen molar-refractivity contribution in [1.29, 1.82) is 0 Å². The van der Waals surface area contributed by atoms with Crippen LogP contribution in [0.5, 0.6) is 5.75 Å². The molecule has 136 valence electrons. The fraction of sp³-hybridized carbons (Fsp3) is 0.350. The maximum absolute atomic E-state index is 13.1. The van der Waals surface area contributed by atoms with E-state index in [1.165, 1.54) is 6.92 Å². The Hall–Kier alpha value is -2.89. The Labute approximate surface area is 153 Å². The highest BCUT2D eigenvalue weighted by Crippen LogP contribution is 2.36. The van der Waals surface area contributed by atoms with E-state index in [0.29, 0.717) is 24.7 Å². The Kier molecular flexibility index (Phi) is 5.21. The molecule has 0 unspecified atom stereocenters. The zero-order valence-electron chi connectivity index (χ0n) is 15.1. The van der Waals surface area contributed by atoms with Gasteiger partial charge in [-0.2, -0.15) is 0 Å². The first-order valence-electron chi connectivity index (χ1n) is 8.84. The molecule has 2 amide bonds. The smallest absolute Gasteiger partial charge is 0.282 e.